The molecule has 24 heavy (non-hydrogen) atoms. The number of carbonyl (C=O) groups is 2. The molecule has 3 amide bonds. The number of nitrogens with zero attached hydrogens (tertiary/aromatic N) is 1. The third-order valence-corrected chi connectivity index (χ3v) is 5.25. The molecule has 5 nitrogen and oxygen atoms in total. The average Bonchev–Trinajstić information content (AvgIpc) is 2.82. The molecule has 1 aliphatic heterocycles. The average molecular weight is 350 g/mol. The van der Waals surface area contributed by atoms with Gasteiger partial charge >= 0.3 is 6.03 Å². The number of rotatable bonds is 5. The van der Waals surface area contributed by atoms with Crippen LogP contribution in [0.3, 0.4) is 0 Å². The number of amides is 3. The zero-order valence-electron chi connectivity index (χ0n) is 14.5. The number of nitrogens with one attached hydrogen (secondary N) is 2. The van der Waals surface area contributed by atoms with E-state index in [-0.39, 0.29) is 11.9 Å². The van der Waals surface area contributed by atoms with Gasteiger partial charge in [0, 0.05) is 42.7 Å². The van der Waals surface area contributed by atoms with Crippen LogP contribution in [0.15, 0.2) is 24.3 Å². The molecule has 0 radical (unpaired) electrons. The molecule has 2 N–H and O–H groups in total. The zero-order chi connectivity index (χ0) is 17.4. The Morgan fingerprint density at radius 2 is 2.12 bits per heavy atom. The number of hydrogen-bond donors (Lipinski definition) is 2. The quantitative estimate of drug-likeness (QED) is 0.859. The molecule has 1 fully saturated rings. The van der Waals surface area contributed by atoms with Crippen LogP contribution in [0.1, 0.15) is 42.6 Å². The van der Waals surface area contributed by atoms with E-state index in [2.05, 4.69) is 17.6 Å². The van der Waals surface area contributed by atoms with Crippen LogP contribution in [0.4, 0.5) is 4.79 Å². The van der Waals surface area contributed by atoms with Crippen molar-refractivity contribution < 1.29 is 9.59 Å². The van der Waals surface area contributed by atoms with E-state index in [0.717, 1.165) is 37.2 Å². The first kappa shape index (κ1) is 18.6. The maximum Gasteiger partial charge on any atom is 0.317 e. The summed E-state index contributed by atoms with van der Waals surface area (Å²) < 4.78 is 0. The van der Waals surface area contributed by atoms with E-state index >= 15 is 0 Å². The first-order valence-electron chi connectivity index (χ1n) is 8.61. The fraction of sp³-hybridized carbons (Fsp3) is 0.556. The Morgan fingerprint density at radius 1 is 1.29 bits per heavy atom. The second-order valence-electron chi connectivity index (χ2n) is 6.07. The zero-order valence-corrected chi connectivity index (χ0v) is 15.3. The summed E-state index contributed by atoms with van der Waals surface area (Å²) in [7, 11) is 0. The molecule has 0 aromatic heterocycles. The minimum Gasteiger partial charge on any atom is -0.352 e. The number of thioether (sulfide) groups is 1. The van der Waals surface area contributed by atoms with E-state index in [1.54, 1.807) is 6.07 Å². The van der Waals surface area contributed by atoms with Gasteiger partial charge < -0.3 is 15.5 Å². The normalized spacial score (nSPS) is 17.9. The standard InChI is InChI=1S/C18H27N3O2S/c1-3-8-19-17(22)16-6-4-5-15(12-16)13-20-18(23)21-9-7-14(2)24-11-10-21/h4-6,12,14H,3,7-11,13H2,1-2H3,(H,19,22)(H,20,23)/t14-/m0/s1. The maximum absolute atomic E-state index is 12.3. The van der Waals surface area contributed by atoms with E-state index in [1.165, 1.54) is 0 Å². The predicted octanol–water partition coefficient (Wildman–Crippen LogP) is 2.86. The number of hydrogen-bond acceptors (Lipinski definition) is 3. The van der Waals surface area contributed by atoms with Crippen LogP contribution in [0.2, 0.25) is 0 Å². The van der Waals surface area contributed by atoms with Gasteiger partial charge in [-0.15, -0.1) is 0 Å². The highest BCUT2D eigenvalue weighted by atomic mass is 32.2. The fourth-order valence-electron chi connectivity index (χ4n) is 2.55. The highest BCUT2D eigenvalue weighted by Crippen LogP contribution is 2.18. The Morgan fingerprint density at radius 3 is 2.92 bits per heavy atom. The van der Waals surface area contributed by atoms with Gasteiger partial charge in [0.05, 0.1) is 0 Å². The molecule has 6 heteroatoms. The Labute approximate surface area is 148 Å². The van der Waals surface area contributed by atoms with Gasteiger partial charge in [-0.1, -0.05) is 26.0 Å². The third kappa shape index (κ3) is 5.74. The lowest BCUT2D eigenvalue weighted by molar-refractivity contribution is 0.0953. The second kappa shape index (κ2) is 9.57. The van der Waals surface area contributed by atoms with Crippen molar-refractivity contribution in [2.24, 2.45) is 0 Å². The van der Waals surface area contributed by atoms with Gasteiger partial charge in [0.1, 0.15) is 0 Å². The van der Waals surface area contributed by atoms with Crippen molar-refractivity contribution in [3.63, 3.8) is 0 Å². The summed E-state index contributed by atoms with van der Waals surface area (Å²) in [5, 5.41) is 6.45. The Balaban J connectivity index is 1.87. The van der Waals surface area contributed by atoms with Gasteiger partial charge in [0.25, 0.3) is 5.91 Å². The van der Waals surface area contributed by atoms with E-state index in [0.29, 0.717) is 23.9 Å². The number of carbonyl (C=O) groups excluding carboxylic acids is 2. The Kier molecular flexibility index (Phi) is 7.43. The summed E-state index contributed by atoms with van der Waals surface area (Å²) in [6, 6.07) is 7.39. The van der Waals surface area contributed by atoms with Gasteiger partial charge in [0.2, 0.25) is 0 Å². The van der Waals surface area contributed by atoms with Crippen LogP contribution in [0.25, 0.3) is 0 Å². The minimum absolute atomic E-state index is 0.0227. The van der Waals surface area contributed by atoms with Crippen LogP contribution in [0, 0.1) is 0 Å². The van der Waals surface area contributed by atoms with Crippen molar-refractivity contribution in [1.82, 2.24) is 15.5 Å². The van der Waals surface area contributed by atoms with Crippen molar-refractivity contribution in [2.45, 2.75) is 38.5 Å². The third-order valence-electron chi connectivity index (χ3n) is 4.02. The van der Waals surface area contributed by atoms with Crippen molar-refractivity contribution >= 4 is 23.7 Å². The second-order valence-corrected chi connectivity index (χ2v) is 7.62. The molecule has 0 bridgehead atoms. The van der Waals surface area contributed by atoms with Crippen molar-refractivity contribution in [2.75, 3.05) is 25.4 Å². The highest BCUT2D eigenvalue weighted by molar-refractivity contribution is 7.99. The molecule has 1 heterocycles. The molecule has 132 valence electrons. The van der Waals surface area contributed by atoms with Crippen molar-refractivity contribution in [3.8, 4) is 0 Å². The molecule has 0 spiro atoms. The predicted molar refractivity (Wildman–Crippen MR) is 99.4 cm³/mol. The molecule has 1 aliphatic rings. The van der Waals surface area contributed by atoms with Crippen LogP contribution < -0.4 is 10.6 Å². The lowest BCUT2D eigenvalue weighted by Crippen LogP contribution is -2.40. The van der Waals surface area contributed by atoms with Gasteiger partial charge in [-0.3, -0.25) is 4.79 Å². The molecule has 1 aromatic carbocycles. The minimum atomic E-state index is -0.0662. The SMILES string of the molecule is CCCNC(=O)c1cccc(CNC(=O)N2CCS[C@@H](C)CC2)c1. The first-order valence-corrected chi connectivity index (χ1v) is 9.66. The lowest BCUT2D eigenvalue weighted by atomic mass is 10.1. The molecule has 0 unspecified atom stereocenters. The van der Waals surface area contributed by atoms with Crippen LogP contribution in [-0.2, 0) is 6.54 Å². The van der Waals surface area contributed by atoms with Crippen LogP contribution in [-0.4, -0.2) is 47.5 Å². The Hall–Kier alpha value is -1.69. The maximum atomic E-state index is 12.3. The van der Waals surface area contributed by atoms with Gasteiger partial charge in [-0.2, -0.15) is 11.8 Å². The number of benzene rings is 1. The first-order chi connectivity index (χ1) is 11.6. The summed E-state index contributed by atoms with van der Waals surface area (Å²) >= 11 is 1.92. The van der Waals surface area contributed by atoms with Crippen molar-refractivity contribution in [3.05, 3.63) is 35.4 Å². The molecule has 1 saturated heterocycles. The topological polar surface area (TPSA) is 61.4 Å². The number of urea groups is 1. The molecular formula is C18H27N3O2S. The van der Waals surface area contributed by atoms with E-state index in [1.807, 2.05) is 41.8 Å². The molecule has 1 atom stereocenters. The Bertz CT molecular complexity index is 565. The van der Waals surface area contributed by atoms with Gasteiger partial charge in [-0.05, 0) is 30.5 Å². The lowest BCUT2D eigenvalue weighted by Gasteiger charge is -2.20. The molecule has 0 saturated carbocycles. The summed E-state index contributed by atoms with van der Waals surface area (Å²) in [6.07, 6.45) is 1.94. The summed E-state index contributed by atoms with van der Waals surface area (Å²) in [5.41, 5.74) is 1.57. The van der Waals surface area contributed by atoms with E-state index in [4.69, 9.17) is 0 Å². The summed E-state index contributed by atoms with van der Waals surface area (Å²) in [4.78, 5) is 26.2. The van der Waals surface area contributed by atoms with Gasteiger partial charge in [0.15, 0.2) is 0 Å². The van der Waals surface area contributed by atoms with Crippen LogP contribution >= 0.6 is 11.8 Å². The highest BCUT2D eigenvalue weighted by Gasteiger charge is 2.18. The summed E-state index contributed by atoms with van der Waals surface area (Å²) in [6.45, 7) is 6.94. The summed E-state index contributed by atoms with van der Waals surface area (Å²) in [5.74, 6) is 0.922. The molecule has 2 rings (SSSR count). The van der Waals surface area contributed by atoms with E-state index < -0.39 is 0 Å². The fourth-order valence-corrected chi connectivity index (χ4v) is 3.55. The smallest absolute Gasteiger partial charge is 0.317 e. The molecule has 1 aromatic rings. The molecular weight excluding hydrogens is 322 g/mol. The molecule has 0 aliphatic carbocycles. The van der Waals surface area contributed by atoms with Gasteiger partial charge in [-0.25, -0.2) is 4.79 Å². The van der Waals surface area contributed by atoms with E-state index in [9.17, 15) is 9.59 Å². The van der Waals surface area contributed by atoms with Crippen LogP contribution in [0.5, 0.6) is 0 Å². The van der Waals surface area contributed by atoms with Crippen molar-refractivity contribution in [1.29, 1.82) is 0 Å². The monoisotopic (exact) mass is 349 g/mol. The largest absolute Gasteiger partial charge is 0.352 e.